The summed E-state index contributed by atoms with van der Waals surface area (Å²) < 4.78 is 8.15. The molecular formula is C16H16O2S2. The van der Waals surface area contributed by atoms with Gasteiger partial charge in [0.05, 0.1) is 6.10 Å². The van der Waals surface area contributed by atoms with E-state index in [1.54, 1.807) is 22.7 Å². The van der Waals surface area contributed by atoms with E-state index in [9.17, 15) is 5.11 Å². The van der Waals surface area contributed by atoms with Gasteiger partial charge in [0.15, 0.2) is 0 Å². The van der Waals surface area contributed by atoms with E-state index >= 15 is 0 Å². The minimum absolute atomic E-state index is 0.134. The molecule has 0 amide bonds. The lowest BCUT2D eigenvalue weighted by Crippen LogP contribution is -2.06. The van der Waals surface area contributed by atoms with Crippen molar-refractivity contribution in [3.05, 3.63) is 52.2 Å². The van der Waals surface area contributed by atoms with E-state index in [0.29, 0.717) is 0 Å². The molecule has 3 rings (SSSR count). The second-order valence-electron chi connectivity index (χ2n) is 4.94. The number of benzene rings is 1. The van der Waals surface area contributed by atoms with Crippen LogP contribution in [0.3, 0.4) is 0 Å². The summed E-state index contributed by atoms with van der Waals surface area (Å²) in [4.78, 5) is 0.980. The van der Waals surface area contributed by atoms with Crippen LogP contribution in [0, 0.1) is 0 Å². The zero-order valence-corrected chi connectivity index (χ0v) is 13.0. The topological polar surface area (TPSA) is 29.5 Å². The molecule has 0 aliphatic heterocycles. The van der Waals surface area contributed by atoms with E-state index in [1.807, 2.05) is 38.1 Å². The Morgan fingerprint density at radius 1 is 1.10 bits per heavy atom. The standard InChI is InChI=1S/C16H16O2S2/c1-10(2)18-12-5-3-4-11(8-12)16(17)15-9-14-13(20-15)6-7-19-14/h3-10,16-17H,1-2H3. The number of hydrogen-bond acceptors (Lipinski definition) is 4. The van der Waals surface area contributed by atoms with Gasteiger partial charge >= 0.3 is 0 Å². The number of fused-ring (bicyclic) bond motifs is 1. The van der Waals surface area contributed by atoms with E-state index in [0.717, 1.165) is 16.2 Å². The maximum atomic E-state index is 10.5. The predicted molar refractivity (Wildman–Crippen MR) is 86.0 cm³/mol. The molecule has 104 valence electrons. The zero-order chi connectivity index (χ0) is 14.1. The molecule has 1 atom stereocenters. The Balaban J connectivity index is 1.89. The van der Waals surface area contributed by atoms with Crippen molar-refractivity contribution in [2.75, 3.05) is 0 Å². The van der Waals surface area contributed by atoms with Gasteiger partial charge in [-0.05, 0) is 49.1 Å². The quantitative estimate of drug-likeness (QED) is 0.748. The molecule has 0 bridgehead atoms. The van der Waals surface area contributed by atoms with E-state index in [2.05, 4.69) is 17.5 Å². The van der Waals surface area contributed by atoms with E-state index in [-0.39, 0.29) is 6.10 Å². The van der Waals surface area contributed by atoms with Gasteiger partial charge in [0.1, 0.15) is 11.9 Å². The van der Waals surface area contributed by atoms with Crippen LogP contribution < -0.4 is 4.74 Å². The summed E-state index contributed by atoms with van der Waals surface area (Å²) in [7, 11) is 0. The van der Waals surface area contributed by atoms with Gasteiger partial charge in [-0.15, -0.1) is 22.7 Å². The fourth-order valence-corrected chi connectivity index (χ4v) is 4.25. The van der Waals surface area contributed by atoms with Crippen LogP contribution in [0.4, 0.5) is 0 Å². The Labute approximate surface area is 126 Å². The van der Waals surface area contributed by atoms with Crippen LogP contribution in [0.1, 0.15) is 30.4 Å². The van der Waals surface area contributed by atoms with Crippen molar-refractivity contribution in [1.82, 2.24) is 0 Å². The zero-order valence-electron chi connectivity index (χ0n) is 11.4. The number of ether oxygens (including phenoxy) is 1. The SMILES string of the molecule is CC(C)Oc1cccc(C(O)c2cc3sccc3s2)c1. The number of aliphatic hydroxyl groups is 1. The molecule has 2 nitrogen and oxygen atoms in total. The van der Waals surface area contributed by atoms with Crippen molar-refractivity contribution < 1.29 is 9.84 Å². The Kier molecular flexibility index (Phi) is 3.78. The molecule has 2 heterocycles. The molecule has 3 aromatic rings. The van der Waals surface area contributed by atoms with Crippen molar-refractivity contribution in [3.8, 4) is 5.75 Å². The first-order chi connectivity index (χ1) is 9.63. The molecule has 0 radical (unpaired) electrons. The average Bonchev–Trinajstić information content (AvgIpc) is 2.98. The summed E-state index contributed by atoms with van der Waals surface area (Å²) in [5, 5.41) is 12.6. The second kappa shape index (κ2) is 5.56. The Bertz CT molecular complexity index is 683. The molecule has 4 heteroatoms. The molecule has 1 unspecified atom stereocenters. The van der Waals surface area contributed by atoms with Gasteiger partial charge in [0.25, 0.3) is 0 Å². The predicted octanol–water partition coefficient (Wildman–Crippen LogP) is 4.83. The molecular weight excluding hydrogens is 288 g/mol. The largest absolute Gasteiger partial charge is 0.491 e. The lowest BCUT2D eigenvalue weighted by molar-refractivity contribution is 0.220. The fourth-order valence-electron chi connectivity index (χ4n) is 2.11. The molecule has 0 saturated carbocycles. The lowest BCUT2D eigenvalue weighted by Gasteiger charge is -2.13. The molecule has 1 aromatic carbocycles. The Hall–Kier alpha value is -1.36. The summed E-state index contributed by atoms with van der Waals surface area (Å²) in [6, 6.07) is 11.9. The minimum atomic E-state index is -0.588. The Morgan fingerprint density at radius 3 is 2.70 bits per heavy atom. The fraction of sp³-hybridized carbons (Fsp3) is 0.250. The molecule has 0 fully saturated rings. The van der Waals surface area contributed by atoms with Gasteiger partial charge in [-0.1, -0.05) is 12.1 Å². The maximum Gasteiger partial charge on any atom is 0.120 e. The van der Waals surface area contributed by atoms with Crippen LogP contribution >= 0.6 is 22.7 Å². The molecule has 0 saturated heterocycles. The molecule has 0 aliphatic rings. The van der Waals surface area contributed by atoms with E-state index in [1.165, 1.54) is 9.40 Å². The van der Waals surface area contributed by atoms with Crippen LogP contribution in [-0.2, 0) is 0 Å². The highest BCUT2D eigenvalue weighted by Gasteiger charge is 2.15. The first-order valence-electron chi connectivity index (χ1n) is 6.55. The third kappa shape index (κ3) is 2.73. The van der Waals surface area contributed by atoms with Crippen molar-refractivity contribution in [1.29, 1.82) is 0 Å². The van der Waals surface area contributed by atoms with Crippen molar-refractivity contribution >= 4 is 32.1 Å². The second-order valence-corrected chi connectivity index (χ2v) is 7.00. The third-order valence-corrected chi connectivity index (χ3v) is 5.12. The average molecular weight is 304 g/mol. The number of aliphatic hydroxyl groups excluding tert-OH is 1. The first kappa shape index (κ1) is 13.6. The van der Waals surface area contributed by atoms with Crippen LogP contribution in [0.15, 0.2) is 41.8 Å². The van der Waals surface area contributed by atoms with E-state index < -0.39 is 6.10 Å². The van der Waals surface area contributed by atoms with Crippen molar-refractivity contribution in [3.63, 3.8) is 0 Å². The highest BCUT2D eigenvalue weighted by atomic mass is 32.1. The van der Waals surface area contributed by atoms with Gasteiger partial charge < -0.3 is 9.84 Å². The summed E-state index contributed by atoms with van der Waals surface area (Å²) in [5.74, 6) is 0.801. The number of rotatable bonds is 4. The van der Waals surface area contributed by atoms with E-state index in [4.69, 9.17) is 4.74 Å². The molecule has 1 N–H and O–H groups in total. The normalized spacial score (nSPS) is 13.0. The number of hydrogen-bond donors (Lipinski definition) is 1. The van der Waals surface area contributed by atoms with Crippen LogP contribution in [-0.4, -0.2) is 11.2 Å². The van der Waals surface area contributed by atoms with Gasteiger partial charge in [-0.3, -0.25) is 0 Å². The molecule has 0 spiro atoms. The lowest BCUT2D eigenvalue weighted by atomic mass is 10.1. The molecule has 2 aromatic heterocycles. The van der Waals surface area contributed by atoms with Crippen LogP contribution in [0.5, 0.6) is 5.75 Å². The highest BCUT2D eigenvalue weighted by molar-refractivity contribution is 7.26. The Morgan fingerprint density at radius 2 is 1.95 bits per heavy atom. The summed E-state index contributed by atoms with van der Waals surface area (Å²) in [6.45, 7) is 3.99. The highest BCUT2D eigenvalue weighted by Crippen LogP contribution is 2.36. The summed E-state index contributed by atoms with van der Waals surface area (Å²) >= 11 is 3.35. The van der Waals surface area contributed by atoms with Crippen molar-refractivity contribution in [2.24, 2.45) is 0 Å². The summed E-state index contributed by atoms with van der Waals surface area (Å²) in [6.07, 6.45) is -0.454. The smallest absolute Gasteiger partial charge is 0.120 e. The maximum absolute atomic E-state index is 10.5. The molecule has 20 heavy (non-hydrogen) atoms. The monoisotopic (exact) mass is 304 g/mol. The van der Waals surface area contributed by atoms with Gasteiger partial charge in [0.2, 0.25) is 0 Å². The molecule has 0 aliphatic carbocycles. The van der Waals surface area contributed by atoms with Crippen LogP contribution in [0.25, 0.3) is 9.40 Å². The van der Waals surface area contributed by atoms with Crippen molar-refractivity contribution in [2.45, 2.75) is 26.1 Å². The minimum Gasteiger partial charge on any atom is -0.491 e. The van der Waals surface area contributed by atoms with Gasteiger partial charge in [-0.25, -0.2) is 0 Å². The third-order valence-electron chi connectivity index (χ3n) is 2.97. The van der Waals surface area contributed by atoms with Gasteiger partial charge in [0, 0.05) is 14.3 Å². The first-order valence-corrected chi connectivity index (χ1v) is 8.25. The number of thiophene rings is 2. The summed E-state index contributed by atoms with van der Waals surface area (Å²) in [5.41, 5.74) is 0.872. The van der Waals surface area contributed by atoms with Gasteiger partial charge in [-0.2, -0.15) is 0 Å². The van der Waals surface area contributed by atoms with Crippen LogP contribution in [0.2, 0.25) is 0 Å².